The van der Waals surface area contributed by atoms with Crippen molar-refractivity contribution in [2.45, 2.75) is 26.9 Å². The lowest BCUT2D eigenvalue weighted by molar-refractivity contribution is -0.119. The van der Waals surface area contributed by atoms with Crippen molar-refractivity contribution in [1.82, 2.24) is 9.13 Å². The Kier molecular flexibility index (Phi) is 5.32. The Labute approximate surface area is 139 Å². The molecule has 0 saturated heterocycles. The molecule has 0 N–H and O–H groups in total. The summed E-state index contributed by atoms with van der Waals surface area (Å²) < 4.78 is 2.06. The van der Waals surface area contributed by atoms with Crippen molar-refractivity contribution in [2.24, 2.45) is 0 Å². The van der Waals surface area contributed by atoms with E-state index in [1.807, 2.05) is 13.0 Å². The summed E-state index contributed by atoms with van der Waals surface area (Å²) in [5, 5.41) is 9.05. The fraction of sp³-hybridized carbons (Fsp3) is 0.294. The second kappa shape index (κ2) is 7.42. The molecule has 0 aliphatic rings. The van der Waals surface area contributed by atoms with E-state index in [0.717, 1.165) is 4.57 Å². The number of nitrogens with zero attached hydrogens (tertiary/aromatic N) is 4. The largest absolute Gasteiger partial charge is 0.331 e. The molecule has 0 bridgehead atoms. The molecule has 0 spiro atoms. The first-order valence-corrected chi connectivity index (χ1v) is 7.63. The number of aromatic nitrogens is 2. The maximum atomic E-state index is 12.6. The van der Waals surface area contributed by atoms with Gasteiger partial charge < -0.3 is 4.90 Å². The standard InChI is InChI=1S/C17H18N4O3/c1-3-19-11-13(10-18)16(23)21(17(19)24)12-15(22)20(4-2)14-8-6-5-7-9-14/h5-9,11H,3-4,12H2,1-2H3. The normalized spacial score (nSPS) is 10.2. The van der Waals surface area contributed by atoms with Crippen LogP contribution in [0.3, 0.4) is 0 Å². The van der Waals surface area contributed by atoms with Gasteiger partial charge in [-0.15, -0.1) is 0 Å². The summed E-state index contributed by atoms with van der Waals surface area (Å²) in [6.45, 7) is 3.83. The molecule has 2 rings (SSSR count). The molecular weight excluding hydrogens is 308 g/mol. The zero-order chi connectivity index (χ0) is 17.7. The number of para-hydroxylation sites is 1. The van der Waals surface area contributed by atoms with Crippen molar-refractivity contribution in [3.63, 3.8) is 0 Å². The smallest absolute Gasteiger partial charge is 0.311 e. The van der Waals surface area contributed by atoms with E-state index in [0.29, 0.717) is 18.8 Å². The maximum absolute atomic E-state index is 12.6. The average Bonchev–Trinajstić information content (AvgIpc) is 2.60. The first-order valence-electron chi connectivity index (χ1n) is 7.63. The van der Waals surface area contributed by atoms with E-state index in [4.69, 9.17) is 5.26 Å². The second-order valence-electron chi connectivity index (χ2n) is 5.09. The number of likely N-dealkylation sites (N-methyl/N-ethyl adjacent to an activating group) is 1. The molecule has 0 fully saturated rings. The highest BCUT2D eigenvalue weighted by Crippen LogP contribution is 2.13. The number of anilines is 1. The van der Waals surface area contributed by atoms with Gasteiger partial charge in [0.15, 0.2) is 0 Å². The Morgan fingerprint density at radius 2 is 1.88 bits per heavy atom. The van der Waals surface area contributed by atoms with Gasteiger partial charge in [-0.2, -0.15) is 5.26 Å². The van der Waals surface area contributed by atoms with Crippen LogP contribution in [0.15, 0.2) is 46.1 Å². The Morgan fingerprint density at radius 3 is 2.42 bits per heavy atom. The number of hydrogen-bond acceptors (Lipinski definition) is 4. The van der Waals surface area contributed by atoms with Gasteiger partial charge in [-0.1, -0.05) is 18.2 Å². The molecule has 1 aromatic heterocycles. The Bertz CT molecular complexity index is 891. The number of nitriles is 1. The number of carbonyl (C=O) groups excluding carboxylic acids is 1. The van der Waals surface area contributed by atoms with Crippen molar-refractivity contribution in [2.75, 3.05) is 11.4 Å². The number of aryl methyl sites for hydroxylation is 1. The number of carbonyl (C=O) groups is 1. The fourth-order valence-electron chi connectivity index (χ4n) is 2.43. The summed E-state index contributed by atoms with van der Waals surface area (Å²) in [6, 6.07) is 10.8. The van der Waals surface area contributed by atoms with Crippen molar-refractivity contribution in [3.8, 4) is 6.07 Å². The molecule has 0 aliphatic heterocycles. The summed E-state index contributed by atoms with van der Waals surface area (Å²) in [7, 11) is 0. The third-order valence-electron chi connectivity index (χ3n) is 3.68. The summed E-state index contributed by atoms with van der Waals surface area (Å²) in [5.41, 5.74) is -0.819. The lowest BCUT2D eigenvalue weighted by Gasteiger charge is -2.21. The van der Waals surface area contributed by atoms with Crippen LogP contribution < -0.4 is 16.1 Å². The molecule has 0 unspecified atom stereocenters. The highest BCUT2D eigenvalue weighted by Gasteiger charge is 2.18. The number of rotatable bonds is 5. The van der Waals surface area contributed by atoms with Crippen LogP contribution in [0.5, 0.6) is 0 Å². The molecular formula is C17H18N4O3. The highest BCUT2D eigenvalue weighted by molar-refractivity contribution is 5.93. The SMILES string of the molecule is CCN(C(=O)Cn1c(=O)c(C#N)cn(CC)c1=O)c1ccccc1. The van der Waals surface area contributed by atoms with Gasteiger partial charge in [0.25, 0.3) is 5.56 Å². The quantitative estimate of drug-likeness (QED) is 0.818. The average molecular weight is 326 g/mol. The van der Waals surface area contributed by atoms with E-state index in [1.165, 1.54) is 15.7 Å². The summed E-state index contributed by atoms with van der Waals surface area (Å²) >= 11 is 0. The van der Waals surface area contributed by atoms with Gasteiger partial charge >= 0.3 is 5.69 Å². The maximum Gasteiger partial charge on any atom is 0.331 e. The molecule has 0 saturated carbocycles. The van der Waals surface area contributed by atoms with Crippen LogP contribution in [0.2, 0.25) is 0 Å². The molecule has 7 heteroatoms. The molecule has 24 heavy (non-hydrogen) atoms. The van der Waals surface area contributed by atoms with Gasteiger partial charge in [-0.05, 0) is 26.0 Å². The Hall–Kier alpha value is -3.14. The van der Waals surface area contributed by atoms with Crippen LogP contribution >= 0.6 is 0 Å². The van der Waals surface area contributed by atoms with E-state index in [1.54, 1.807) is 37.3 Å². The van der Waals surface area contributed by atoms with Gasteiger partial charge in [-0.3, -0.25) is 14.2 Å². The molecule has 1 amide bonds. The molecule has 0 radical (unpaired) electrons. The molecule has 7 nitrogen and oxygen atoms in total. The van der Waals surface area contributed by atoms with E-state index in [-0.39, 0.29) is 11.5 Å². The van der Waals surface area contributed by atoms with E-state index < -0.39 is 17.8 Å². The van der Waals surface area contributed by atoms with Crippen LogP contribution in [0.1, 0.15) is 19.4 Å². The van der Waals surface area contributed by atoms with Gasteiger partial charge in [0, 0.05) is 25.0 Å². The first-order chi connectivity index (χ1) is 11.5. The molecule has 1 heterocycles. The zero-order valence-electron chi connectivity index (χ0n) is 13.6. The van der Waals surface area contributed by atoms with E-state index >= 15 is 0 Å². The van der Waals surface area contributed by atoms with E-state index in [9.17, 15) is 14.4 Å². The molecule has 124 valence electrons. The molecule has 0 aliphatic carbocycles. The van der Waals surface area contributed by atoms with Gasteiger partial charge in [0.2, 0.25) is 5.91 Å². The van der Waals surface area contributed by atoms with Gasteiger partial charge in [-0.25, -0.2) is 9.36 Å². The molecule has 2 aromatic rings. The number of benzene rings is 1. The second-order valence-corrected chi connectivity index (χ2v) is 5.09. The number of amides is 1. The van der Waals surface area contributed by atoms with Crippen LogP contribution in [-0.4, -0.2) is 21.6 Å². The monoisotopic (exact) mass is 326 g/mol. The summed E-state index contributed by atoms with van der Waals surface area (Å²) in [5.74, 6) is -0.388. The van der Waals surface area contributed by atoms with Crippen molar-refractivity contribution >= 4 is 11.6 Å². The minimum atomic E-state index is -0.746. The van der Waals surface area contributed by atoms with Crippen molar-refractivity contribution < 1.29 is 4.79 Å². The van der Waals surface area contributed by atoms with Crippen LogP contribution in [0.25, 0.3) is 0 Å². The lowest BCUT2D eigenvalue weighted by atomic mass is 10.3. The van der Waals surface area contributed by atoms with Crippen molar-refractivity contribution in [3.05, 3.63) is 62.9 Å². The lowest BCUT2D eigenvalue weighted by Crippen LogP contribution is -2.45. The minimum Gasteiger partial charge on any atom is -0.311 e. The zero-order valence-corrected chi connectivity index (χ0v) is 13.6. The van der Waals surface area contributed by atoms with Crippen molar-refractivity contribution in [1.29, 1.82) is 5.26 Å². The summed E-state index contributed by atoms with van der Waals surface area (Å²) in [4.78, 5) is 38.6. The molecule has 0 atom stereocenters. The fourth-order valence-corrected chi connectivity index (χ4v) is 2.43. The van der Waals surface area contributed by atoms with Crippen LogP contribution in [-0.2, 0) is 17.9 Å². The van der Waals surface area contributed by atoms with Gasteiger partial charge in [0.1, 0.15) is 18.2 Å². The summed E-state index contributed by atoms with van der Waals surface area (Å²) in [6.07, 6.45) is 1.22. The Morgan fingerprint density at radius 1 is 1.21 bits per heavy atom. The number of hydrogen-bond donors (Lipinski definition) is 0. The third kappa shape index (κ3) is 3.27. The highest BCUT2D eigenvalue weighted by atomic mass is 16.2. The Balaban J connectivity index is 2.44. The van der Waals surface area contributed by atoms with E-state index in [2.05, 4.69) is 0 Å². The van der Waals surface area contributed by atoms with Crippen LogP contribution in [0.4, 0.5) is 5.69 Å². The molecule has 1 aromatic carbocycles. The minimum absolute atomic E-state index is 0.160. The third-order valence-corrected chi connectivity index (χ3v) is 3.68. The first kappa shape index (κ1) is 17.2. The van der Waals surface area contributed by atoms with Gasteiger partial charge in [0.05, 0.1) is 0 Å². The predicted octanol–water partition coefficient (Wildman–Crippen LogP) is 0.955. The predicted molar refractivity (Wildman–Crippen MR) is 89.8 cm³/mol. The van der Waals surface area contributed by atoms with Crippen LogP contribution in [0, 0.1) is 11.3 Å². The topological polar surface area (TPSA) is 88.1 Å².